The molecule has 0 spiro atoms. The number of carbonyl (C=O) groups excluding carboxylic acids is 2. The lowest BCUT2D eigenvalue weighted by Gasteiger charge is -2.33. The fraction of sp³-hybridized carbons (Fsp3) is 0.500. The van der Waals surface area contributed by atoms with Crippen molar-refractivity contribution < 1.29 is 9.59 Å². The molecule has 0 atom stereocenters. The van der Waals surface area contributed by atoms with E-state index in [0.717, 1.165) is 0 Å². The van der Waals surface area contributed by atoms with Crippen LogP contribution in [0.2, 0.25) is 0 Å². The van der Waals surface area contributed by atoms with Crippen LogP contribution < -0.4 is 5.32 Å². The van der Waals surface area contributed by atoms with E-state index < -0.39 is 0 Å². The van der Waals surface area contributed by atoms with Gasteiger partial charge in [0.25, 0.3) is 5.91 Å². The van der Waals surface area contributed by atoms with Crippen LogP contribution in [0.4, 0.5) is 0 Å². The predicted octanol–water partition coefficient (Wildman–Crippen LogP) is -0.934. The van der Waals surface area contributed by atoms with Gasteiger partial charge in [0.05, 0.1) is 6.54 Å². The van der Waals surface area contributed by atoms with E-state index >= 15 is 0 Å². The first-order valence-corrected chi connectivity index (χ1v) is 5.53. The van der Waals surface area contributed by atoms with Crippen molar-refractivity contribution >= 4 is 11.8 Å². The van der Waals surface area contributed by atoms with Crippen molar-refractivity contribution in [3.8, 4) is 12.3 Å². The van der Waals surface area contributed by atoms with E-state index in [0.29, 0.717) is 39.3 Å². The first-order valence-electron chi connectivity index (χ1n) is 5.53. The lowest BCUT2D eigenvalue weighted by atomic mass is 10.3. The summed E-state index contributed by atoms with van der Waals surface area (Å²) in [6.45, 7) is 6.87. The maximum absolute atomic E-state index is 11.4. The molecule has 1 saturated heterocycles. The summed E-state index contributed by atoms with van der Waals surface area (Å²) in [5.74, 6) is 1.79. The standard InChI is InChI=1S/C12H17N3O2/c1-3-5-13-11(16)10-14-6-8-15(9-7-14)12(17)4-2/h2-3H,1,5-10H2,(H,13,16). The van der Waals surface area contributed by atoms with Crippen LogP contribution in [0.3, 0.4) is 0 Å². The van der Waals surface area contributed by atoms with Gasteiger partial charge in [0.2, 0.25) is 5.91 Å². The second kappa shape index (κ2) is 6.71. The number of nitrogens with one attached hydrogen (secondary N) is 1. The Hall–Kier alpha value is -1.80. The molecule has 2 amide bonds. The second-order valence-electron chi connectivity index (χ2n) is 3.81. The van der Waals surface area contributed by atoms with Gasteiger partial charge in [0, 0.05) is 32.7 Å². The number of amides is 2. The Kier molecular flexibility index (Phi) is 5.24. The van der Waals surface area contributed by atoms with E-state index in [4.69, 9.17) is 6.42 Å². The SMILES string of the molecule is C#CC(=O)N1CCN(CC(=O)NCC=C)CC1. The van der Waals surface area contributed by atoms with Gasteiger partial charge < -0.3 is 10.2 Å². The molecule has 0 aliphatic carbocycles. The molecule has 1 rings (SSSR count). The summed E-state index contributed by atoms with van der Waals surface area (Å²) in [4.78, 5) is 26.3. The molecular weight excluding hydrogens is 218 g/mol. The van der Waals surface area contributed by atoms with E-state index in [1.165, 1.54) is 0 Å². The molecule has 92 valence electrons. The molecule has 0 aromatic carbocycles. The van der Waals surface area contributed by atoms with Crippen molar-refractivity contribution in [3.63, 3.8) is 0 Å². The van der Waals surface area contributed by atoms with E-state index in [2.05, 4.69) is 17.8 Å². The quantitative estimate of drug-likeness (QED) is 0.506. The van der Waals surface area contributed by atoms with Crippen LogP contribution >= 0.6 is 0 Å². The number of piperazine rings is 1. The van der Waals surface area contributed by atoms with Crippen molar-refractivity contribution in [2.45, 2.75) is 0 Å². The highest BCUT2D eigenvalue weighted by Gasteiger charge is 2.20. The monoisotopic (exact) mass is 235 g/mol. The molecule has 1 aliphatic rings. The Balaban J connectivity index is 2.28. The molecule has 0 radical (unpaired) electrons. The molecule has 0 unspecified atom stereocenters. The molecule has 1 heterocycles. The Morgan fingerprint density at radius 2 is 2.00 bits per heavy atom. The van der Waals surface area contributed by atoms with Crippen molar-refractivity contribution in [2.75, 3.05) is 39.3 Å². The summed E-state index contributed by atoms with van der Waals surface area (Å²) in [6, 6.07) is 0. The van der Waals surface area contributed by atoms with Crippen LogP contribution in [-0.2, 0) is 9.59 Å². The number of terminal acetylenes is 1. The van der Waals surface area contributed by atoms with Crippen molar-refractivity contribution in [3.05, 3.63) is 12.7 Å². The minimum Gasteiger partial charge on any atom is -0.352 e. The summed E-state index contributed by atoms with van der Waals surface area (Å²) in [5.41, 5.74) is 0. The molecule has 1 fully saturated rings. The normalized spacial score (nSPS) is 16.1. The fourth-order valence-corrected chi connectivity index (χ4v) is 1.65. The molecule has 5 nitrogen and oxygen atoms in total. The van der Waals surface area contributed by atoms with Crippen molar-refractivity contribution in [2.24, 2.45) is 0 Å². The van der Waals surface area contributed by atoms with Crippen LogP contribution in [0.15, 0.2) is 12.7 Å². The average Bonchev–Trinajstić information content (AvgIpc) is 2.36. The maximum atomic E-state index is 11.4. The van der Waals surface area contributed by atoms with Gasteiger partial charge in [-0.2, -0.15) is 0 Å². The molecule has 1 N–H and O–H groups in total. The fourth-order valence-electron chi connectivity index (χ4n) is 1.65. The first kappa shape index (κ1) is 13.3. The molecule has 0 bridgehead atoms. The van der Waals surface area contributed by atoms with Gasteiger partial charge in [-0.15, -0.1) is 13.0 Å². The van der Waals surface area contributed by atoms with Crippen LogP contribution in [0, 0.1) is 12.3 Å². The third kappa shape index (κ3) is 4.29. The Morgan fingerprint density at radius 1 is 1.35 bits per heavy atom. The van der Waals surface area contributed by atoms with Gasteiger partial charge in [0.15, 0.2) is 0 Å². The third-order valence-corrected chi connectivity index (χ3v) is 2.59. The van der Waals surface area contributed by atoms with Gasteiger partial charge in [-0.05, 0) is 5.92 Å². The number of hydrogen-bond donors (Lipinski definition) is 1. The van der Waals surface area contributed by atoms with Crippen LogP contribution in [0.1, 0.15) is 0 Å². The predicted molar refractivity (Wildman–Crippen MR) is 65.1 cm³/mol. The Labute approximate surface area is 101 Å². The van der Waals surface area contributed by atoms with Gasteiger partial charge in [-0.1, -0.05) is 6.08 Å². The summed E-state index contributed by atoms with van der Waals surface area (Å²) in [6.07, 6.45) is 6.69. The lowest BCUT2D eigenvalue weighted by molar-refractivity contribution is -0.127. The minimum atomic E-state index is -0.277. The smallest absolute Gasteiger partial charge is 0.298 e. The highest BCUT2D eigenvalue weighted by Crippen LogP contribution is 2.01. The zero-order chi connectivity index (χ0) is 12.7. The second-order valence-corrected chi connectivity index (χ2v) is 3.81. The average molecular weight is 235 g/mol. The molecular formula is C12H17N3O2. The van der Waals surface area contributed by atoms with E-state index in [9.17, 15) is 9.59 Å². The third-order valence-electron chi connectivity index (χ3n) is 2.59. The van der Waals surface area contributed by atoms with Crippen molar-refractivity contribution in [1.29, 1.82) is 0 Å². The zero-order valence-electron chi connectivity index (χ0n) is 9.82. The Bertz CT molecular complexity index is 338. The summed E-state index contributed by atoms with van der Waals surface area (Å²) >= 11 is 0. The minimum absolute atomic E-state index is 0.0263. The summed E-state index contributed by atoms with van der Waals surface area (Å²) in [7, 11) is 0. The first-order chi connectivity index (χ1) is 8.17. The molecule has 1 aliphatic heterocycles. The van der Waals surface area contributed by atoms with Crippen LogP contribution in [0.5, 0.6) is 0 Å². The van der Waals surface area contributed by atoms with Crippen LogP contribution in [0.25, 0.3) is 0 Å². The van der Waals surface area contributed by atoms with Gasteiger partial charge in [0.1, 0.15) is 0 Å². The van der Waals surface area contributed by atoms with E-state index in [-0.39, 0.29) is 11.8 Å². The zero-order valence-corrected chi connectivity index (χ0v) is 9.82. The summed E-state index contributed by atoms with van der Waals surface area (Å²) in [5, 5.41) is 2.71. The van der Waals surface area contributed by atoms with Gasteiger partial charge in [-0.25, -0.2) is 0 Å². The number of hydrogen-bond acceptors (Lipinski definition) is 3. The maximum Gasteiger partial charge on any atom is 0.298 e. The van der Waals surface area contributed by atoms with Gasteiger partial charge in [-0.3, -0.25) is 14.5 Å². The number of nitrogens with zero attached hydrogens (tertiary/aromatic N) is 2. The molecule has 0 aromatic heterocycles. The molecule has 5 heteroatoms. The van der Waals surface area contributed by atoms with E-state index in [1.807, 2.05) is 4.90 Å². The van der Waals surface area contributed by atoms with Crippen LogP contribution in [-0.4, -0.2) is 60.9 Å². The molecule has 0 saturated carbocycles. The number of carbonyl (C=O) groups is 2. The molecule has 17 heavy (non-hydrogen) atoms. The van der Waals surface area contributed by atoms with Gasteiger partial charge >= 0.3 is 0 Å². The highest BCUT2D eigenvalue weighted by molar-refractivity contribution is 5.92. The topological polar surface area (TPSA) is 52.7 Å². The largest absolute Gasteiger partial charge is 0.352 e. The summed E-state index contributed by atoms with van der Waals surface area (Å²) < 4.78 is 0. The lowest BCUT2D eigenvalue weighted by Crippen LogP contribution is -2.50. The number of rotatable bonds is 4. The van der Waals surface area contributed by atoms with E-state index in [1.54, 1.807) is 11.0 Å². The highest BCUT2D eigenvalue weighted by atomic mass is 16.2. The van der Waals surface area contributed by atoms with Crippen molar-refractivity contribution in [1.82, 2.24) is 15.1 Å². The Morgan fingerprint density at radius 3 is 2.53 bits per heavy atom. The molecule has 0 aromatic rings.